The number of amides is 1. The molecule has 4 saturated carbocycles. The molecule has 0 aromatic carbocycles. The molecule has 4 rings (SSSR count). The highest BCUT2D eigenvalue weighted by Crippen LogP contribution is 2.66. The topological polar surface area (TPSA) is 66.9 Å². The Balaban J connectivity index is 2.04. The Bertz CT molecular complexity index is 387. The van der Waals surface area contributed by atoms with Crippen LogP contribution in [0.3, 0.4) is 0 Å². The summed E-state index contributed by atoms with van der Waals surface area (Å²) >= 11 is 0. The van der Waals surface area contributed by atoms with Crippen LogP contribution in [0.25, 0.3) is 0 Å². The van der Waals surface area contributed by atoms with E-state index in [0.29, 0.717) is 6.42 Å². The summed E-state index contributed by atoms with van der Waals surface area (Å²) in [5.41, 5.74) is 4.64. The maximum absolute atomic E-state index is 12.0. The minimum absolute atomic E-state index is 0.100. The van der Waals surface area contributed by atoms with Gasteiger partial charge in [0, 0.05) is 0 Å². The van der Waals surface area contributed by atoms with Gasteiger partial charge in [-0.3, -0.25) is 4.79 Å². The monoisotopic (exact) mass is 246 g/mol. The van der Waals surface area contributed by atoms with Crippen LogP contribution in [0.15, 0.2) is 0 Å². The Hall–Kier alpha value is -1.04. The highest BCUT2D eigenvalue weighted by atomic mass is 16.1. The van der Waals surface area contributed by atoms with Gasteiger partial charge in [0.2, 0.25) is 5.91 Å². The standard InChI is InChI=1S/C15H22N2O/c1-2-15(9-16,13(17)18)14-6-10-3-11(7-14)5-12(4-10)8-14/h10-12H,2-8H2,1H3,(H2,17,18). The van der Waals surface area contributed by atoms with Gasteiger partial charge in [-0.25, -0.2) is 0 Å². The normalized spacial score (nSPS) is 44.3. The van der Waals surface area contributed by atoms with Crippen molar-refractivity contribution in [3.8, 4) is 6.07 Å². The van der Waals surface area contributed by atoms with E-state index < -0.39 is 5.41 Å². The summed E-state index contributed by atoms with van der Waals surface area (Å²) in [5, 5.41) is 9.66. The number of nitriles is 1. The summed E-state index contributed by atoms with van der Waals surface area (Å²) in [5.74, 6) is 1.86. The lowest BCUT2D eigenvalue weighted by Gasteiger charge is -2.61. The van der Waals surface area contributed by atoms with Gasteiger partial charge < -0.3 is 5.73 Å². The molecule has 1 amide bonds. The molecular formula is C15H22N2O. The Kier molecular flexibility index (Phi) is 2.49. The average Bonchev–Trinajstić information content (AvgIpc) is 2.28. The fourth-order valence-corrected chi connectivity index (χ4v) is 5.70. The van der Waals surface area contributed by atoms with E-state index >= 15 is 0 Å². The van der Waals surface area contributed by atoms with Gasteiger partial charge in [0.1, 0.15) is 5.41 Å². The van der Waals surface area contributed by atoms with E-state index in [4.69, 9.17) is 5.73 Å². The third-order valence-corrected chi connectivity index (χ3v) is 6.09. The third kappa shape index (κ3) is 1.32. The van der Waals surface area contributed by atoms with Crippen LogP contribution in [-0.4, -0.2) is 5.91 Å². The van der Waals surface area contributed by atoms with Crippen LogP contribution >= 0.6 is 0 Å². The zero-order chi connectivity index (χ0) is 13.0. The predicted octanol–water partition coefficient (Wildman–Crippen LogP) is 2.61. The number of primary amides is 1. The summed E-state index contributed by atoms with van der Waals surface area (Å²) in [6, 6.07) is 2.35. The Morgan fingerprint density at radius 2 is 1.72 bits per heavy atom. The molecule has 2 N–H and O–H groups in total. The summed E-state index contributed by atoms with van der Waals surface area (Å²) in [6.07, 6.45) is 7.72. The SMILES string of the molecule is CCC(C#N)(C(N)=O)C12CC3CC(CC(C3)C1)C2. The molecule has 18 heavy (non-hydrogen) atoms. The van der Waals surface area contributed by atoms with Crippen LogP contribution < -0.4 is 5.73 Å². The largest absolute Gasteiger partial charge is 0.368 e. The Labute approximate surface area is 109 Å². The second kappa shape index (κ2) is 3.73. The third-order valence-electron chi connectivity index (χ3n) is 6.09. The van der Waals surface area contributed by atoms with Gasteiger partial charge in [-0.15, -0.1) is 0 Å². The second-order valence-corrected chi connectivity index (χ2v) is 6.93. The van der Waals surface area contributed by atoms with E-state index in [1.165, 1.54) is 19.3 Å². The van der Waals surface area contributed by atoms with Crippen molar-refractivity contribution >= 4 is 5.91 Å². The molecule has 0 heterocycles. The molecule has 4 aliphatic rings. The number of hydrogen-bond donors (Lipinski definition) is 1. The molecule has 1 atom stereocenters. The molecule has 0 aliphatic heterocycles. The number of carbonyl (C=O) groups excluding carboxylic acids is 1. The van der Waals surface area contributed by atoms with Gasteiger partial charge in [-0.2, -0.15) is 5.26 Å². The van der Waals surface area contributed by atoms with Crippen molar-refractivity contribution in [1.82, 2.24) is 0 Å². The average molecular weight is 246 g/mol. The van der Waals surface area contributed by atoms with Crippen molar-refractivity contribution in [2.45, 2.75) is 51.9 Å². The molecule has 0 spiro atoms. The van der Waals surface area contributed by atoms with E-state index in [-0.39, 0.29) is 11.3 Å². The zero-order valence-corrected chi connectivity index (χ0v) is 11.1. The number of nitrogens with zero attached hydrogens (tertiary/aromatic N) is 1. The first-order chi connectivity index (χ1) is 8.55. The quantitative estimate of drug-likeness (QED) is 0.831. The lowest BCUT2D eigenvalue weighted by molar-refractivity contribution is -0.150. The first-order valence-electron chi connectivity index (χ1n) is 7.26. The van der Waals surface area contributed by atoms with Gasteiger partial charge >= 0.3 is 0 Å². The number of rotatable bonds is 3. The maximum atomic E-state index is 12.0. The number of carbonyl (C=O) groups is 1. The molecule has 0 aromatic rings. The van der Waals surface area contributed by atoms with E-state index in [2.05, 4.69) is 6.07 Å². The van der Waals surface area contributed by atoms with E-state index in [1.807, 2.05) is 6.92 Å². The van der Waals surface area contributed by atoms with Gasteiger partial charge in [0.05, 0.1) is 6.07 Å². The molecular weight excluding hydrogens is 224 g/mol. The minimum atomic E-state index is -0.914. The second-order valence-electron chi connectivity index (χ2n) is 6.93. The fourth-order valence-electron chi connectivity index (χ4n) is 5.70. The molecule has 0 saturated heterocycles. The van der Waals surface area contributed by atoms with Gasteiger partial charge in [0.25, 0.3) is 0 Å². The lowest BCUT2D eigenvalue weighted by atomic mass is 9.42. The molecule has 0 radical (unpaired) electrons. The van der Waals surface area contributed by atoms with Crippen LogP contribution in [0.4, 0.5) is 0 Å². The van der Waals surface area contributed by atoms with E-state index in [1.54, 1.807) is 0 Å². The molecule has 0 aromatic heterocycles. The van der Waals surface area contributed by atoms with Gasteiger partial charge in [0.15, 0.2) is 0 Å². The maximum Gasteiger partial charge on any atom is 0.238 e. The number of nitrogens with two attached hydrogens (primary N) is 1. The van der Waals surface area contributed by atoms with Gasteiger partial charge in [-0.05, 0) is 68.1 Å². The fraction of sp³-hybridized carbons (Fsp3) is 0.867. The number of hydrogen-bond acceptors (Lipinski definition) is 2. The Morgan fingerprint density at radius 1 is 1.28 bits per heavy atom. The summed E-state index contributed by atoms with van der Waals surface area (Å²) < 4.78 is 0. The molecule has 3 nitrogen and oxygen atoms in total. The smallest absolute Gasteiger partial charge is 0.238 e. The van der Waals surface area contributed by atoms with Crippen molar-refractivity contribution in [2.24, 2.45) is 34.3 Å². The summed E-state index contributed by atoms with van der Waals surface area (Å²) in [6.45, 7) is 1.95. The van der Waals surface area contributed by atoms with Crippen molar-refractivity contribution in [3.63, 3.8) is 0 Å². The summed E-state index contributed by atoms with van der Waals surface area (Å²) in [7, 11) is 0. The molecule has 4 bridgehead atoms. The summed E-state index contributed by atoms with van der Waals surface area (Å²) in [4.78, 5) is 12.0. The first-order valence-corrected chi connectivity index (χ1v) is 7.26. The lowest BCUT2D eigenvalue weighted by Crippen LogP contribution is -2.58. The van der Waals surface area contributed by atoms with Crippen LogP contribution in [-0.2, 0) is 4.79 Å². The molecule has 4 fully saturated rings. The van der Waals surface area contributed by atoms with Crippen molar-refractivity contribution < 1.29 is 4.79 Å². The Morgan fingerprint density at radius 3 is 2.00 bits per heavy atom. The highest BCUT2D eigenvalue weighted by molar-refractivity contribution is 5.85. The molecule has 1 unspecified atom stereocenters. The highest BCUT2D eigenvalue weighted by Gasteiger charge is 2.62. The predicted molar refractivity (Wildman–Crippen MR) is 68.1 cm³/mol. The van der Waals surface area contributed by atoms with Crippen molar-refractivity contribution in [2.75, 3.05) is 0 Å². The molecule has 4 aliphatic carbocycles. The zero-order valence-electron chi connectivity index (χ0n) is 11.1. The first kappa shape index (κ1) is 12.0. The van der Waals surface area contributed by atoms with Crippen LogP contribution in [0.5, 0.6) is 0 Å². The van der Waals surface area contributed by atoms with Crippen molar-refractivity contribution in [1.29, 1.82) is 5.26 Å². The van der Waals surface area contributed by atoms with Gasteiger partial charge in [-0.1, -0.05) is 6.92 Å². The van der Waals surface area contributed by atoms with Crippen LogP contribution in [0.2, 0.25) is 0 Å². The molecule has 98 valence electrons. The van der Waals surface area contributed by atoms with Crippen molar-refractivity contribution in [3.05, 3.63) is 0 Å². The van der Waals surface area contributed by atoms with Crippen LogP contribution in [0.1, 0.15) is 51.9 Å². The van der Waals surface area contributed by atoms with E-state index in [0.717, 1.165) is 37.0 Å². The van der Waals surface area contributed by atoms with Crippen LogP contribution in [0, 0.1) is 39.9 Å². The van der Waals surface area contributed by atoms with E-state index in [9.17, 15) is 10.1 Å². The minimum Gasteiger partial charge on any atom is -0.368 e. The molecule has 3 heteroatoms.